The van der Waals surface area contributed by atoms with Crippen LogP contribution in [-0.2, 0) is 22.4 Å². The highest BCUT2D eigenvalue weighted by molar-refractivity contribution is 5.79. The number of carbonyl (C=O) groups is 2. The van der Waals surface area contributed by atoms with E-state index in [1.807, 2.05) is 26.0 Å². The molecule has 2 aromatic heterocycles. The van der Waals surface area contributed by atoms with Gasteiger partial charge in [-0.05, 0) is 61.1 Å². The standard InChI is InChI=1S/C22H28N4O3/c1-16-3-7-23-13-18(16)11-20(27)25-15-22(29)5-9-26(10-6-22)21(28)12-19-14-24-8-4-17(19)2/h3-4,7-8,13-14,29H,5-6,9-12,15H2,1-2H3,(H,25,27). The fraction of sp³-hybridized carbons (Fsp3) is 0.455. The van der Waals surface area contributed by atoms with Crippen LogP contribution in [0.1, 0.15) is 35.1 Å². The minimum absolute atomic E-state index is 0.0410. The average molecular weight is 396 g/mol. The number of aliphatic hydroxyl groups is 1. The molecule has 0 radical (unpaired) electrons. The van der Waals surface area contributed by atoms with E-state index in [1.165, 1.54) is 0 Å². The number of hydrogen-bond acceptors (Lipinski definition) is 5. The Labute approximate surface area is 171 Å². The molecule has 154 valence electrons. The van der Waals surface area contributed by atoms with Crippen LogP contribution in [-0.4, -0.2) is 57.0 Å². The number of piperidine rings is 1. The van der Waals surface area contributed by atoms with Gasteiger partial charge < -0.3 is 15.3 Å². The number of likely N-dealkylation sites (tertiary alicyclic amines) is 1. The molecule has 0 aliphatic carbocycles. The molecule has 0 bridgehead atoms. The van der Waals surface area contributed by atoms with Crippen LogP contribution in [0.5, 0.6) is 0 Å². The summed E-state index contributed by atoms with van der Waals surface area (Å²) in [5.74, 6) is -0.0978. The van der Waals surface area contributed by atoms with E-state index in [0.29, 0.717) is 32.4 Å². The Bertz CT molecular complexity index is 876. The highest BCUT2D eigenvalue weighted by Gasteiger charge is 2.34. The van der Waals surface area contributed by atoms with Crippen molar-refractivity contribution in [2.24, 2.45) is 0 Å². The molecule has 0 spiro atoms. The first kappa shape index (κ1) is 20.9. The van der Waals surface area contributed by atoms with Crippen LogP contribution in [0.25, 0.3) is 0 Å². The lowest BCUT2D eigenvalue weighted by Crippen LogP contribution is -2.52. The molecule has 0 saturated carbocycles. The van der Waals surface area contributed by atoms with E-state index in [2.05, 4.69) is 15.3 Å². The maximum atomic E-state index is 12.6. The number of aromatic nitrogens is 2. The van der Waals surface area contributed by atoms with Crippen LogP contribution < -0.4 is 5.32 Å². The summed E-state index contributed by atoms with van der Waals surface area (Å²) >= 11 is 0. The van der Waals surface area contributed by atoms with E-state index in [1.54, 1.807) is 29.7 Å². The van der Waals surface area contributed by atoms with Gasteiger partial charge in [0.2, 0.25) is 11.8 Å². The van der Waals surface area contributed by atoms with Crippen molar-refractivity contribution in [1.82, 2.24) is 20.2 Å². The number of rotatable bonds is 6. The zero-order valence-electron chi connectivity index (χ0n) is 17.0. The third-order valence-electron chi connectivity index (χ3n) is 5.65. The van der Waals surface area contributed by atoms with Crippen molar-refractivity contribution in [3.05, 3.63) is 59.2 Å². The van der Waals surface area contributed by atoms with Gasteiger partial charge in [0.05, 0.1) is 18.4 Å². The van der Waals surface area contributed by atoms with Gasteiger partial charge in [-0.15, -0.1) is 0 Å². The number of carbonyl (C=O) groups excluding carboxylic acids is 2. The number of hydrogen-bond donors (Lipinski definition) is 2. The fourth-order valence-corrected chi connectivity index (χ4v) is 3.49. The first-order valence-corrected chi connectivity index (χ1v) is 9.92. The summed E-state index contributed by atoms with van der Waals surface area (Å²) in [7, 11) is 0. The van der Waals surface area contributed by atoms with Gasteiger partial charge in [-0.2, -0.15) is 0 Å². The Hall–Kier alpha value is -2.80. The molecule has 0 unspecified atom stereocenters. The highest BCUT2D eigenvalue weighted by atomic mass is 16.3. The third-order valence-corrected chi connectivity index (χ3v) is 5.65. The lowest BCUT2D eigenvalue weighted by molar-refractivity contribution is -0.135. The molecule has 2 amide bonds. The number of aryl methyl sites for hydroxylation is 2. The summed E-state index contributed by atoms with van der Waals surface area (Å²) in [4.78, 5) is 34.7. The van der Waals surface area contributed by atoms with Gasteiger partial charge in [-0.3, -0.25) is 19.6 Å². The van der Waals surface area contributed by atoms with Crippen molar-refractivity contribution in [2.45, 2.75) is 45.1 Å². The van der Waals surface area contributed by atoms with Gasteiger partial charge in [0, 0.05) is 44.4 Å². The molecule has 1 aliphatic rings. The first-order valence-electron chi connectivity index (χ1n) is 9.92. The maximum absolute atomic E-state index is 12.6. The van der Waals surface area contributed by atoms with E-state index in [0.717, 1.165) is 22.3 Å². The first-order chi connectivity index (χ1) is 13.9. The molecular weight excluding hydrogens is 368 g/mol. The number of nitrogens with one attached hydrogen (secondary N) is 1. The van der Waals surface area contributed by atoms with E-state index in [9.17, 15) is 14.7 Å². The van der Waals surface area contributed by atoms with Crippen molar-refractivity contribution in [2.75, 3.05) is 19.6 Å². The summed E-state index contributed by atoms with van der Waals surface area (Å²) in [5, 5.41) is 13.6. The Morgan fingerprint density at radius 2 is 1.59 bits per heavy atom. The molecule has 0 aromatic carbocycles. The molecular formula is C22H28N4O3. The lowest BCUT2D eigenvalue weighted by atomic mass is 9.91. The predicted octanol–water partition coefficient (Wildman–Crippen LogP) is 1.35. The van der Waals surface area contributed by atoms with Crippen molar-refractivity contribution in [1.29, 1.82) is 0 Å². The third kappa shape index (κ3) is 5.60. The quantitative estimate of drug-likeness (QED) is 0.769. The molecule has 29 heavy (non-hydrogen) atoms. The minimum Gasteiger partial charge on any atom is -0.388 e. The van der Waals surface area contributed by atoms with Crippen LogP contribution in [0.4, 0.5) is 0 Å². The molecule has 7 heteroatoms. The Morgan fingerprint density at radius 1 is 1.03 bits per heavy atom. The second-order valence-electron chi connectivity index (χ2n) is 7.84. The molecule has 7 nitrogen and oxygen atoms in total. The zero-order chi connectivity index (χ0) is 20.9. The summed E-state index contributed by atoms with van der Waals surface area (Å²) < 4.78 is 0. The van der Waals surface area contributed by atoms with Crippen LogP contribution in [0.15, 0.2) is 36.9 Å². The van der Waals surface area contributed by atoms with Gasteiger partial charge >= 0.3 is 0 Å². The largest absolute Gasteiger partial charge is 0.388 e. The SMILES string of the molecule is Cc1ccncc1CC(=O)NCC1(O)CCN(C(=O)Cc2cnccc2C)CC1. The van der Waals surface area contributed by atoms with Gasteiger partial charge in [0.1, 0.15) is 0 Å². The Kier molecular flexibility index (Phi) is 6.59. The highest BCUT2D eigenvalue weighted by Crippen LogP contribution is 2.22. The Balaban J connectivity index is 1.46. The second kappa shape index (κ2) is 9.13. The topological polar surface area (TPSA) is 95.4 Å². The molecule has 0 atom stereocenters. The normalized spacial score (nSPS) is 15.8. The van der Waals surface area contributed by atoms with Crippen LogP contribution >= 0.6 is 0 Å². The maximum Gasteiger partial charge on any atom is 0.227 e. The fourth-order valence-electron chi connectivity index (χ4n) is 3.49. The van der Waals surface area contributed by atoms with Gasteiger partial charge in [-0.25, -0.2) is 0 Å². The summed E-state index contributed by atoms with van der Waals surface area (Å²) in [6.45, 7) is 5.06. The van der Waals surface area contributed by atoms with Gasteiger partial charge in [-0.1, -0.05) is 0 Å². The monoisotopic (exact) mass is 396 g/mol. The molecule has 2 aromatic rings. The lowest BCUT2D eigenvalue weighted by Gasteiger charge is -2.38. The van der Waals surface area contributed by atoms with Crippen molar-refractivity contribution >= 4 is 11.8 Å². The predicted molar refractivity (Wildman–Crippen MR) is 109 cm³/mol. The minimum atomic E-state index is -0.985. The second-order valence-corrected chi connectivity index (χ2v) is 7.84. The Morgan fingerprint density at radius 3 is 2.14 bits per heavy atom. The van der Waals surface area contributed by atoms with E-state index in [4.69, 9.17) is 0 Å². The van der Waals surface area contributed by atoms with E-state index < -0.39 is 5.60 Å². The molecule has 1 saturated heterocycles. The smallest absolute Gasteiger partial charge is 0.227 e. The molecule has 3 heterocycles. The van der Waals surface area contributed by atoms with E-state index in [-0.39, 0.29) is 24.8 Å². The van der Waals surface area contributed by atoms with Crippen LogP contribution in [0.2, 0.25) is 0 Å². The molecule has 2 N–H and O–H groups in total. The average Bonchev–Trinajstić information content (AvgIpc) is 2.70. The molecule has 1 aliphatic heterocycles. The number of nitrogens with zero attached hydrogens (tertiary/aromatic N) is 3. The summed E-state index contributed by atoms with van der Waals surface area (Å²) in [5.41, 5.74) is 2.89. The number of pyridine rings is 2. The number of amides is 2. The zero-order valence-corrected chi connectivity index (χ0v) is 17.0. The van der Waals surface area contributed by atoms with Crippen molar-refractivity contribution < 1.29 is 14.7 Å². The van der Waals surface area contributed by atoms with Crippen LogP contribution in [0, 0.1) is 13.8 Å². The van der Waals surface area contributed by atoms with Crippen LogP contribution in [0.3, 0.4) is 0 Å². The van der Waals surface area contributed by atoms with Gasteiger partial charge in [0.15, 0.2) is 0 Å². The summed E-state index contributed by atoms with van der Waals surface area (Å²) in [6, 6.07) is 3.77. The van der Waals surface area contributed by atoms with Gasteiger partial charge in [0.25, 0.3) is 0 Å². The molecule has 3 rings (SSSR count). The molecule has 1 fully saturated rings. The summed E-state index contributed by atoms with van der Waals surface area (Å²) in [6.07, 6.45) is 8.28. The van der Waals surface area contributed by atoms with Crippen molar-refractivity contribution in [3.8, 4) is 0 Å². The van der Waals surface area contributed by atoms with Crippen molar-refractivity contribution in [3.63, 3.8) is 0 Å². The van der Waals surface area contributed by atoms with E-state index >= 15 is 0 Å².